The molecule has 0 spiro atoms. The van der Waals surface area contributed by atoms with E-state index in [1.54, 1.807) is 24.0 Å². The van der Waals surface area contributed by atoms with Gasteiger partial charge in [0, 0.05) is 18.7 Å². The van der Waals surface area contributed by atoms with E-state index in [4.69, 9.17) is 9.26 Å². The fourth-order valence-electron chi connectivity index (χ4n) is 2.50. The Labute approximate surface area is 138 Å². The molecule has 7 nitrogen and oxygen atoms in total. The molecule has 1 aliphatic heterocycles. The summed E-state index contributed by atoms with van der Waals surface area (Å²) in [5.41, 5.74) is 0.519. The summed E-state index contributed by atoms with van der Waals surface area (Å²) in [7, 11) is 0. The average molecular weight is 334 g/mol. The zero-order valence-electron chi connectivity index (χ0n) is 13.5. The number of amides is 2. The summed E-state index contributed by atoms with van der Waals surface area (Å²) >= 11 is 0. The standard InChI is InChI=1S/C16H19FN4O3/c1-10-9-21(6-7-23-10)16(22)18-11(2)15-19-14(20-24-15)12-4-3-5-13(17)8-12/h3-5,8,10-11H,6-7,9H2,1-2H3,(H,18,22)/t10-,11-/m1/s1. The van der Waals surface area contributed by atoms with Crippen LogP contribution in [0.15, 0.2) is 28.8 Å². The summed E-state index contributed by atoms with van der Waals surface area (Å²) in [5.74, 6) is 0.177. The molecule has 128 valence electrons. The lowest BCUT2D eigenvalue weighted by Crippen LogP contribution is -2.49. The van der Waals surface area contributed by atoms with Crippen LogP contribution in [0.3, 0.4) is 0 Å². The minimum Gasteiger partial charge on any atom is -0.375 e. The minimum atomic E-state index is -0.453. The Hall–Kier alpha value is -2.48. The van der Waals surface area contributed by atoms with Crippen LogP contribution in [0.1, 0.15) is 25.8 Å². The molecule has 1 aromatic carbocycles. The number of carbonyl (C=O) groups excluding carboxylic acids is 1. The fourth-order valence-corrected chi connectivity index (χ4v) is 2.50. The largest absolute Gasteiger partial charge is 0.375 e. The lowest BCUT2D eigenvalue weighted by atomic mass is 10.2. The van der Waals surface area contributed by atoms with Crippen LogP contribution in [0.25, 0.3) is 11.4 Å². The third-order valence-corrected chi connectivity index (χ3v) is 3.76. The fraction of sp³-hybridized carbons (Fsp3) is 0.438. The van der Waals surface area contributed by atoms with Crippen LogP contribution >= 0.6 is 0 Å². The zero-order chi connectivity index (χ0) is 17.1. The van der Waals surface area contributed by atoms with E-state index in [0.717, 1.165) is 0 Å². The molecule has 1 N–H and O–H groups in total. The Morgan fingerprint density at radius 3 is 3.08 bits per heavy atom. The van der Waals surface area contributed by atoms with Gasteiger partial charge in [-0.25, -0.2) is 9.18 Å². The molecule has 1 aliphatic rings. The van der Waals surface area contributed by atoms with Crippen molar-refractivity contribution in [3.63, 3.8) is 0 Å². The molecule has 0 bridgehead atoms. The molecular formula is C16H19FN4O3. The van der Waals surface area contributed by atoms with Gasteiger partial charge in [0.1, 0.15) is 11.9 Å². The van der Waals surface area contributed by atoms with E-state index < -0.39 is 6.04 Å². The maximum atomic E-state index is 13.3. The highest BCUT2D eigenvalue weighted by molar-refractivity contribution is 5.74. The predicted octanol–water partition coefficient (Wildman–Crippen LogP) is 2.37. The molecular weight excluding hydrogens is 315 g/mol. The minimum absolute atomic E-state index is 0.0165. The summed E-state index contributed by atoms with van der Waals surface area (Å²) < 4.78 is 23.9. The van der Waals surface area contributed by atoms with Crippen molar-refractivity contribution in [2.75, 3.05) is 19.7 Å². The Morgan fingerprint density at radius 1 is 1.50 bits per heavy atom. The second-order valence-electron chi connectivity index (χ2n) is 5.77. The van der Waals surface area contributed by atoms with E-state index in [0.29, 0.717) is 25.3 Å². The highest BCUT2D eigenvalue weighted by Crippen LogP contribution is 2.19. The van der Waals surface area contributed by atoms with Crippen molar-refractivity contribution >= 4 is 6.03 Å². The van der Waals surface area contributed by atoms with Crippen LogP contribution in [0.4, 0.5) is 9.18 Å². The summed E-state index contributed by atoms with van der Waals surface area (Å²) in [4.78, 5) is 18.2. The number of urea groups is 1. The molecule has 2 heterocycles. The zero-order valence-corrected chi connectivity index (χ0v) is 13.5. The van der Waals surface area contributed by atoms with Crippen LogP contribution in [0.5, 0.6) is 0 Å². The first kappa shape index (κ1) is 16.4. The van der Waals surface area contributed by atoms with E-state index in [1.165, 1.54) is 12.1 Å². The van der Waals surface area contributed by atoms with Gasteiger partial charge in [-0.05, 0) is 26.0 Å². The number of ether oxygens (including phenoxy) is 1. The molecule has 3 rings (SSSR count). The van der Waals surface area contributed by atoms with Gasteiger partial charge in [-0.15, -0.1) is 0 Å². The number of hydrogen-bond donors (Lipinski definition) is 1. The maximum absolute atomic E-state index is 13.3. The van der Waals surface area contributed by atoms with Gasteiger partial charge in [-0.2, -0.15) is 4.98 Å². The lowest BCUT2D eigenvalue weighted by molar-refractivity contribution is -0.00392. The summed E-state index contributed by atoms with van der Waals surface area (Å²) in [6.07, 6.45) is 0.0165. The number of rotatable bonds is 3. The van der Waals surface area contributed by atoms with Gasteiger partial charge in [0.25, 0.3) is 0 Å². The Bertz CT molecular complexity index is 721. The quantitative estimate of drug-likeness (QED) is 0.932. The van der Waals surface area contributed by atoms with Gasteiger partial charge in [0.15, 0.2) is 0 Å². The second kappa shape index (κ2) is 6.96. The third kappa shape index (κ3) is 3.70. The Morgan fingerprint density at radius 2 is 2.33 bits per heavy atom. The van der Waals surface area contributed by atoms with E-state index in [-0.39, 0.29) is 29.7 Å². The topological polar surface area (TPSA) is 80.5 Å². The first-order valence-corrected chi connectivity index (χ1v) is 7.79. The van der Waals surface area contributed by atoms with Crippen molar-refractivity contribution < 1.29 is 18.4 Å². The molecule has 1 aromatic heterocycles. The first-order valence-electron chi connectivity index (χ1n) is 7.79. The van der Waals surface area contributed by atoms with Gasteiger partial charge in [0.05, 0.1) is 12.7 Å². The number of halogens is 1. The highest BCUT2D eigenvalue weighted by atomic mass is 19.1. The van der Waals surface area contributed by atoms with Crippen molar-refractivity contribution in [3.8, 4) is 11.4 Å². The molecule has 2 aromatic rings. The van der Waals surface area contributed by atoms with Gasteiger partial charge >= 0.3 is 6.03 Å². The highest BCUT2D eigenvalue weighted by Gasteiger charge is 2.24. The normalized spacial score (nSPS) is 19.1. The first-order chi connectivity index (χ1) is 11.5. The van der Waals surface area contributed by atoms with Crippen LogP contribution in [0, 0.1) is 5.82 Å². The van der Waals surface area contributed by atoms with Crippen molar-refractivity contribution in [2.45, 2.75) is 26.0 Å². The number of benzene rings is 1. The van der Waals surface area contributed by atoms with Crippen LogP contribution in [0.2, 0.25) is 0 Å². The van der Waals surface area contributed by atoms with Gasteiger partial charge < -0.3 is 19.5 Å². The average Bonchev–Trinajstić information content (AvgIpc) is 3.05. The van der Waals surface area contributed by atoms with Crippen LogP contribution in [-0.4, -0.2) is 46.9 Å². The molecule has 0 aliphatic carbocycles. The van der Waals surface area contributed by atoms with E-state index in [9.17, 15) is 9.18 Å². The number of nitrogens with one attached hydrogen (secondary N) is 1. The number of aromatic nitrogens is 2. The lowest BCUT2D eigenvalue weighted by Gasteiger charge is -2.31. The predicted molar refractivity (Wildman–Crippen MR) is 83.6 cm³/mol. The SMILES string of the molecule is C[C@@H]1CN(C(=O)N[C@H](C)c2nc(-c3cccc(F)c3)no2)CCO1. The maximum Gasteiger partial charge on any atom is 0.318 e. The van der Waals surface area contributed by atoms with Gasteiger partial charge in [-0.1, -0.05) is 17.3 Å². The Balaban J connectivity index is 1.65. The van der Waals surface area contributed by atoms with Crippen molar-refractivity contribution in [1.82, 2.24) is 20.4 Å². The molecule has 2 amide bonds. The molecule has 0 saturated carbocycles. The van der Waals surface area contributed by atoms with Crippen molar-refractivity contribution in [2.24, 2.45) is 0 Å². The monoisotopic (exact) mass is 334 g/mol. The van der Waals surface area contributed by atoms with Crippen LogP contribution in [-0.2, 0) is 4.74 Å². The smallest absolute Gasteiger partial charge is 0.318 e. The molecule has 1 saturated heterocycles. The van der Waals surface area contributed by atoms with E-state index >= 15 is 0 Å². The number of hydrogen-bond acceptors (Lipinski definition) is 5. The summed E-state index contributed by atoms with van der Waals surface area (Å²) in [6.45, 7) is 5.28. The van der Waals surface area contributed by atoms with Crippen LogP contribution < -0.4 is 5.32 Å². The van der Waals surface area contributed by atoms with Gasteiger partial charge in [0.2, 0.25) is 11.7 Å². The molecule has 8 heteroatoms. The number of morpholine rings is 1. The number of carbonyl (C=O) groups is 1. The van der Waals surface area contributed by atoms with E-state index in [1.807, 2.05) is 6.92 Å². The van der Waals surface area contributed by atoms with Crippen molar-refractivity contribution in [1.29, 1.82) is 0 Å². The molecule has 1 fully saturated rings. The molecule has 2 atom stereocenters. The molecule has 0 unspecified atom stereocenters. The van der Waals surface area contributed by atoms with E-state index in [2.05, 4.69) is 15.5 Å². The molecule has 0 radical (unpaired) electrons. The summed E-state index contributed by atoms with van der Waals surface area (Å²) in [5, 5.41) is 6.67. The van der Waals surface area contributed by atoms with Crippen molar-refractivity contribution in [3.05, 3.63) is 36.0 Å². The summed E-state index contributed by atoms with van der Waals surface area (Å²) in [6, 6.07) is 5.28. The number of nitrogens with zero attached hydrogens (tertiary/aromatic N) is 3. The molecule has 24 heavy (non-hydrogen) atoms. The second-order valence-corrected chi connectivity index (χ2v) is 5.77. The third-order valence-electron chi connectivity index (χ3n) is 3.76. The Kier molecular flexibility index (Phi) is 4.75. The van der Waals surface area contributed by atoms with Gasteiger partial charge in [-0.3, -0.25) is 0 Å².